The Hall–Kier alpha value is -0.880. The third kappa shape index (κ3) is 5.43. The Bertz CT molecular complexity index is 453. The van der Waals surface area contributed by atoms with E-state index in [4.69, 9.17) is 22.1 Å². The largest absolute Gasteiger partial charge is 0.491 e. The minimum atomic E-state index is -0.570. The molecule has 2 rings (SSSR count). The SMILES string of the molecule is NC1CCN(CCC(O)COc2ccc(Cl)c(F)c2)CC1. The van der Waals surface area contributed by atoms with Gasteiger partial charge in [0.25, 0.3) is 0 Å². The van der Waals surface area contributed by atoms with Crippen molar-refractivity contribution in [3.05, 3.63) is 29.0 Å². The number of nitrogens with zero attached hydrogens (tertiary/aromatic N) is 1. The smallest absolute Gasteiger partial charge is 0.145 e. The highest BCUT2D eigenvalue weighted by Gasteiger charge is 2.17. The van der Waals surface area contributed by atoms with Crippen LogP contribution in [0.3, 0.4) is 0 Å². The zero-order chi connectivity index (χ0) is 15.2. The van der Waals surface area contributed by atoms with Crippen LogP contribution in [0.1, 0.15) is 19.3 Å². The summed E-state index contributed by atoms with van der Waals surface area (Å²) in [6.07, 6.45) is 2.08. The van der Waals surface area contributed by atoms with Crippen molar-refractivity contribution in [2.45, 2.75) is 31.4 Å². The lowest BCUT2D eigenvalue weighted by Crippen LogP contribution is -2.41. The molecule has 1 aliphatic rings. The third-order valence-electron chi connectivity index (χ3n) is 3.74. The Morgan fingerprint density at radius 1 is 1.43 bits per heavy atom. The molecule has 0 amide bonds. The summed E-state index contributed by atoms with van der Waals surface area (Å²) in [4.78, 5) is 2.30. The Morgan fingerprint density at radius 3 is 2.81 bits per heavy atom. The van der Waals surface area contributed by atoms with Crippen molar-refractivity contribution < 1.29 is 14.2 Å². The van der Waals surface area contributed by atoms with Gasteiger partial charge in [-0.2, -0.15) is 0 Å². The lowest BCUT2D eigenvalue weighted by Gasteiger charge is -2.30. The van der Waals surface area contributed by atoms with Gasteiger partial charge in [-0.25, -0.2) is 4.39 Å². The van der Waals surface area contributed by atoms with Gasteiger partial charge in [-0.15, -0.1) is 0 Å². The van der Waals surface area contributed by atoms with Crippen LogP contribution < -0.4 is 10.5 Å². The van der Waals surface area contributed by atoms with Gasteiger partial charge in [0.15, 0.2) is 0 Å². The van der Waals surface area contributed by atoms with Gasteiger partial charge in [0.1, 0.15) is 18.2 Å². The van der Waals surface area contributed by atoms with Crippen molar-refractivity contribution in [2.24, 2.45) is 5.73 Å². The van der Waals surface area contributed by atoms with Gasteiger partial charge >= 0.3 is 0 Å². The van der Waals surface area contributed by atoms with Crippen LogP contribution in [-0.4, -0.2) is 48.4 Å². The maximum Gasteiger partial charge on any atom is 0.145 e. The number of nitrogens with two attached hydrogens (primary N) is 1. The van der Waals surface area contributed by atoms with Crippen LogP contribution in [0.25, 0.3) is 0 Å². The van der Waals surface area contributed by atoms with Crippen molar-refractivity contribution in [1.29, 1.82) is 0 Å². The zero-order valence-electron chi connectivity index (χ0n) is 12.0. The predicted molar refractivity (Wildman–Crippen MR) is 81.2 cm³/mol. The summed E-state index contributed by atoms with van der Waals surface area (Å²) < 4.78 is 18.6. The molecule has 0 aromatic heterocycles. The molecule has 4 nitrogen and oxygen atoms in total. The van der Waals surface area contributed by atoms with E-state index in [9.17, 15) is 9.50 Å². The van der Waals surface area contributed by atoms with Gasteiger partial charge in [0.2, 0.25) is 0 Å². The van der Waals surface area contributed by atoms with Gasteiger partial charge in [-0.3, -0.25) is 0 Å². The normalized spacial score (nSPS) is 18.7. The number of piperidine rings is 1. The van der Waals surface area contributed by atoms with Gasteiger partial charge in [0.05, 0.1) is 11.1 Å². The van der Waals surface area contributed by atoms with Gasteiger partial charge in [-0.05, 0) is 44.5 Å². The van der Waals surface area contributed by atoms with E-state index in [0.29, 0.717) is 18.2 Å². The van der Waals surface area contributed by atoms with Gasteiger partial charge < -0.3 is 20.5 Å². The molecule has 6 heteroatoms. The van der Waals surface area contributed by atoms with Crippen LogP contribution in [0.2, 0.25) is 5.02 Å². The van der Waals surface area contributed by atoms with Crippen LogP contribution in [0.4, 0.5) is 4.39 Å². The molecule has 0 bridgehead atoms. The number of aliphatic hydroxyl groups excluding tert-OH is 1. The molecule has 0 saturated carbocycles. The van der Waals surface area contributed by atoms with Gasteiger partial charge in [0, 0.05) is 18.7 Å². The fraction of sp³-hybridized carbons (Fsp3) is 0.600. The van der Waals surface area contributed by atoms with E-state index in [1.54, 1.807) is 6.07 Å². The summed E-state index contributed by atoms with van der Waals surface area (Å²) in [6, 6.07) is 4.56. The number of aliphatic hydroxyl groups is 1. The van der Waals surface area contributed by atoms with E-state index in [2.05, 4.69) is 4.90 Å². The molecular formula is C15H22ClFN2O2. The maximum atomic E-state index is 13.2. The number of likely N-dealkylation sites (tertiary alicyclic amines) is 1. The second-order valence-corrected chi connectivity index (χ2v) is 5.92. The van der Waals surface area contributed by atoms with E-state index in [0.717, 1.165) is 32.5 Å². The fourth-order valence-electron chi connectivity index (χ4n) is 2.35. The Balaban J connectivity index is 1.67. The minimum absolute atomic E-state index is 0.0613. The van der Waals surface area contributed by atoms with Crippen molar-refractivity contribution in [3.8, 4) is 5.75 Å². The molecule has 1 aromatic rings. The molecule has 1 saturated heterocycles. The summed E-state index contributed by atoms with van der Waals surface area (Å²) >= 11 is 5.59. The van der Waals surface area contributed by atoms with Crippen LogP contribution in [0.5, 0.6) is 5.75 Å². The summed E-state index contributed by atoms with van der Waals surface area (Å²) in [7, 11) is 0. The lowest BCUT2D eigenvalue weighted by atomic mass is 10.1. The van der Waals surface area contributed by atoms with Crippen LogP contribution in [0.15, 0.2) is 18.2 Å². The van der Waals surface area contributed by atoms with E-state index >= 15 is 0 Å². The first kappa shape index (κ1) is 16.5. The standard InChI is InChI=1S/C15H22ClFN2O2/c16-14-2-1-13(9-15(14)17)21-10-12(20)5-8-19-6-3-11(18)4-7-19/h1-2,9,11-12,20H,3-8,10,18H2. The number of hydrogen-bond acceptors (Lipinski definition) is 4. The highest BCUT2D eigenvalue weighted by Crippen LogP contribution is 2.20. The second kappa shape index (κ2) is 7.94. The number of hydrogen-bond donors (Lipinski definition) is 2. The Labute approximate surface area is 129 Å². The number of ether oxygens (including phenoxy) is 1. The molecule has 118 valence electrons. The van der Waals surface area contributed by atoms with E-state index in [1.165, 1.54) is 12.1 Å². The lowest BCUT2D eigenvalue weighted by molar-refractivity contribution is 0.0833. The molecule has 0 radical (unpaired) electrons. The number of rotatable bonds is 6. The molecule has 3 N–H and O–H groups in total. The molecule has 1 unspecified atom stereocenters. The average Bonchev–Trinajstić information content (AvgIpc) is 2.48. The quantitative estimate of drug-likeness (QED) is 0.843. The van der Waals surface area contributed by atoms with Crippen LogP contribution >= 0.6 is 11.6 Å². The fourth-order valence-corrected chi connectivity index (χ4v) is 2.47. The molecule has 1 aromatic carbocycles. The number of benzene rings is 1. The predicted octanol–water partition coefficient (Wildman–Crippen LogP) is 2.03. The van der Waals surface area contributed by atoms with Crippen molar-refractivity contribution in [3.63, 3.8) is 0 Å². The Morgan fingerprint density at radius 2 is 2.14 bits per heavy atom. The monoisotopic (exact) mass is 316 g/mol. The summed E-state index contributed by atoms with van der Waals surface area (Å²) in [6.45, 7) is 2.94. The average molecular weight is 317 g/mol. The van der Waals surface area contributed by atoms with Crippen molar-refractivity contribution in [1.82, 2.24) is 4.90 Å². The van der Waals surface area contributed by atoms with E-state index in [-0.39, 0.29) is 11.6 Å². The molecule has 21 heavy (non-hydrogen) atoms. The van der Waals surface area contributed by atoms with E-state index < -0.39 is 11.9 Å². The second-order valence-electron chi connectivity index (χ2n) is 5.51. The van der Waals surface area contributed by atoms with Crippen molar-refractivity contribution >= 4 is 11.6 Å². The highest BCUT2D eigenvalue weighted by molar-refractivity contribution is 6.30. The molecule has 1 aliphatic heterocycles. The molecule has 1 fully saturated rings. The number of halogens is 2. The van der Waals surface area contributed by atoms with E-state index in [1.807, 2.05) is 0 Å². The zero-order valence-corrected chi connectivity index (χ0v) is 12.7. The third-order valence-corrected chi connectivity index (χ3v) is 4.05. The first-order valence-corrected chi connectivity index (χ1v) is 7.66. The molecule has 0 aliphatic carbocycles. The highest BCUT2D eigenvalue weighted by atomic mass is 35.5. The molecule has 1 atom stereocenters. The maximum absolute atomic E-state index is 13.2. The first-order chi connectivity index (χ1) is 10.0. The first-order valence-electron chi connectivity index (χ1n) is 7.28. The van der Waals surface area contributed by atoms with Gasteiger partial charge in [-0.1, -0.05) is 11.6 Å². The van der Waals surface area contributed by atoms with Crippen LogP contribution in [-0.2, 0) is 0 Å². The molecule has 1 heterocycles. The topological polar surface area (TPSA) is 58.7 Å². The Kier molecular flexibility index (Phi) is 6.23. The van der Waals surface area contributed by atoms with Crippen LogP contribution in [0, 0.1) is 5.82 Å². The summed E-state index contributed by atoms with van der Waals surface area (Å²) in [5.41, 5.74) is 5.85. The summed E-state index contributed by atoms with van der Waals surface area (Å²) in [5.74, 6) is -0.145. The minimum Gasteiger partial charge on any atom is -0.491 e. The molecular weight excluding hydrogens is 295 g/mol. The summed E-state index contributed by atoms with van der Waals surface area (Å²) in [5, 5.41) is 9.98. The molecule has 0 spiro atoms. The van der Waals surface area contributed by atoms with Crippen molar-refractivity contribution in [2.75, 3.05) is 26.2 Å².